The number of nitrogens with one attached hydrogen (secondary N) is 5. The molecular formula is C26H38ClN7O3S. The van der Waals surface area contributed by atoms with Crippen LogP contribution in [0.5, 0.6) is 5.75 Å². The van der Waals surface area contributed by atoms with Crippen LogP contribution in [0, 0.1) is 5.41 Å². The number of anilines is 1. The summed E-state index contributed by atoms with van der Waals surface area (Å²) in [6, 6.07) is 6.26. The maximum Gasteiger partial charge on any atom is 0.199 e. The summed E-state index contributed by atoms with van der Waals surface area (Å²) in [7, 11) is -2.24. The van der Waals surface area contributed by atoms with Crippen LogP contribution in [0.3, 0.4) is 0 Å². The molecule has 208 valence electrons. The van der Waals surface area contributed by atoms with E-state index in [1.807, 2.05) is 6.07 Å². The maximum absolute atomic E-state index is 12.6. The lowest BCUT2D eigenvalue weighted by Gasteiger charge is -2.24. The summed E-state index contributed by atoms with van der Waals surface area (Å²) in [5.41, 5.74) is 2.08. The average Bonchev–Trinajstić information content (AvgIpc) is 3.72. The van der Waals surface area contributed by atoms with Crippen molar-refractivity contribution in [2.24, 2.45) is 9.98 Å². The Balaban J connectivity index is 1.82. The van der Waals surface area contributed by atoms with Gasteiger partial charge in [-0.1, -0.05) is 17.7 Å². The van der Waals surface area contributed by atoms with Gasteiger partial charge in [-0.15, -0.1) is 0 Å². The van der Waals surface area contributed by atoms with E-state index < -0.39 is 20.1 Å². The average molecular weight is 564 g/mol. The Labute approximate surface area is 230 Å². The zero-order chi connectivity index (χ0) is 27.7. The third-order valence-electron chi connectivity index (χ3n) is 6.26. The van der Waals surface area contributed by atoms with Crippen molar-refractivity contribution in [3.05, 3.63) is 46.9 Å². The first kappa shape index (κ1) is 29.7. The van der Waals surface area contributed by atoms with Gasteiger partial charge in [0.25, 0.3) is 0 Å². The van der Waals surface area contributed by atoms with Gasteiger partial charge in [-0.05, 0) is 83.0 Å². The molecule has 3 rings (SSSR count). The highest BCUT2D eigenvalue weighted by Gasteiger charge is 2.27. The molecule has 2 aliphatic rings. The van der Waals surface area contributed by atoms with E-state index in [0.29, 0.717) is 5.92 Å². The topological polar surface area (TPSA) is 140 Å². The van der Waals surface area contributed by atoms with Crippen molar-refractivity contribution in [1.29, 1.82) is 5.41 Å². The number of sulfone groups is 1. The van der Waals surface area contributed by atoms with Gasteiger partial charge in [0.15, 0.2) is 14.9 Å². The van der Waals surface area contributed by atoms with E-state index in [-0.39, 0.29) is 29.3 Å². The number of halogens is 1. The van der Waals surface area contributed by atoms with Crippen LogP contribution in [0.15, 0.2) is 51.3 Å². The molecule has 0 bridgehead atoms. The van der Waals surface area contributed by atoms with Gasteiger partial charge in [-0.3, -0.25) is 10.4 Å². The van der Waals surface area contributed by atoms with Crippen LogP contribution in [-0.2, 0) is 9.84 Å². The monoisotopic (exact) mass is 563 g/mol. The summed E-state index contributed by atoms with van der Waals surface area (Å²) in [5, 5.41) is 19.4. The largest absolute Gasteiger partial charge is 0.488 e. The molecule has 1 saturated carbocycles. The molecule has 1 saturated heterocycles. The van der Waals surface area contributed by atoms with Gasteiger partial charge in [0.2, 0.25) is 0 Å². The lowest BCUT2D eigenvalue weighted by molar-refractivity contribution is 0.304. The van der Waals surface area contributed by atoms with Crippen molar-refractivity contribution in [1.82, 2.24) is 16.0 Å². The second kappa shape index (κ2) is 13.8. The molecule has 12 heteroatoms. The Hall–Kier alpha value is -2.89. The van der Waals surface area contributed by atoms with Crippen LogP contribution >= 0.6 is 11.6 Å². The minimum absolute atomic E-state index is 0.000331. The third kappa shape index (κ3) is 8.05. The van der Waals surface area contributed by atoms with Crippen LogP contribution in [0.4, 0.5) is 5.69 Å². The van der Waals surface area contributed by atoms with Crippen LogP contribution in [0.1, 0.15) is 51.0 Å². The van der Waals surface area contributed by atoms with E-state index in [4.69, 9.17) is 21.7 Å². The normalized spacial score (nSPS) is 17.8. The Kier molecular flexibility index (Phi) is 10.7. The molecule has 10 nitrogen and oxygen atoms in total. The minimum atomic E-state index is -3.85. The molecule has 5 N–H and O–H groups in total. The smallest absolute Gasteiger partial charge is 0.199 e. The Morgan fingerprint density at radius 3 is 2.61 bits per heavy atom. The third-order valence-corrected chi connectivity index (χ3v) is 8.57. The molecule has 0 unspecified atom stereocenters. The van der Waals surface area contributed by atoms with Crippen LogP contribution in [0.2, 0.25) is 0 Å². The first-order valence-electron chi connectivity index (χ1n) is 12.8. The highest BCUT2D eigenvalue weighted by Crippen LogP contribution is 2.36. The summed E-state index contributed by atoms with van der Waals surface area (Å²) in [5.74, 6) is 1.43. The summed E-state index contributed by atoms with van der Waals surface area (Å²) < 4.78 is 31.4. The maximum atomic E-state index is 12.6. The fourth-order valence-corrected chi connectivity index (χ4v) is 4.96. The van der Waals surface area contributed by atoms with Gasteiger partial charge in [-0.2, -0.15) is 0 Å². The van der Waals surface area contributed by atoms with Crippen LogP contribution in [-0.4, -0.2) is 64.2 Å². The molecule has 1 aromatic carbocycles. The molecule has 1 heterocycles. The Morgan fingerprint density at radius 2 is 2.00 bits per heavy atom. The van der Waals surface area contributed by atoms with E-state index in [1.165, 1.54) is 31.8 Å². The number of hydrogen-bond acceptors (Lipinski definition) is 9. The second-order valence-corrected chi connectivity index (χ2v) is 12.3. The zero-order valence-electron chi connectivity index (χ0n) is 22.2. The summed E-state index contributed by atoms with van der Waals surface area (Å²) >= 11 is 6.38. The lowest BCUT2D eigenvalue weighted by atomic mass is 9.90. The number of hydrogen-bond donors (Lipinski definition) is 5. The molecule has 2 fully saturated rings. The van der Waals surface area contributed by atoms with E-state index in [2.05, 4.69) is 50.1 Å². The van der Waals surface area contributed by atoms with E-state index in [1.54, 1.807) is 7.05 Å². The van der Waals surface area contributed by atoms with E-state index in [9.17, 15) is 8.42 Å². The first-order valence-corrected chi connectivity index (χ1v) is 14.7. The highest BCUT2D eigenvalue weighted by molar-refractivity contribution is 8.07. The van der Waals surface area contributed by atoms with Crippen molar-refractivity contribution < 1.29 is 13.2 Å². The van der Waals surface area contributed by atoms with Gasteiger partial charge in [-0.25, -0.2) is 13.4 Å². The number of benzene rings is 1. The number of rotatable bonds is 12. The predicted octanol–water partition coefficient (Wildman–Crippen LogP) is 3.69. The number of aliphatic imine (C=N–C) groups is 2. The Bertz CT molecular complexity index is 1200. The van der Waals surface area contributed by atoms with Gasteiger partial charge in [0.05, 0.1) is 22.7 Å². The Morgan fingerprint density at radius 1 is 1.29 bits per heavy atom. The number of ether oxygens (including phenoxy) is 1. The molecule has 0 atom stereocenters. The molecule has 1 aliphatic heterocycles. The van der Waals surface area contributed by atoms with Crippen molar-refractivity contribution in [3.8, 4) is 5.75 Å². The van der Waals surface area contributed by atoms with Crippen LogP contribution in [0.25, 0.3) is 0 Å². The van der Waals surface area contributed by atoms with Gasteiger partial charge >= 0.3 is 0 Å². The van der Waals surface area contributed by atoms with Crippen molar-refractivity contribution in [3.63, 3.8) is 0 Å². The predicted molar refractivity (Wildman–Crippen MR) is 156 cm³/mol. The summed E-state index contributed by atoms with van der Waals surface area (Å²) in [6.07, 6.45) is 7.19. The molecule has 38 heavy (non-hydrogen) atoms. The van der Waals surface area contributed by atoms with Gasteiger partial charge < -0.3 is 26.0 Å². The SMILES string of the molecule is C=N/C=C(Cl)\C(=N/CNc1ccc(C2CCNCC2)cc1OC1CC1)N/C(=C/NC)C(=N)S(=O)(=O)C(C)C. The minimum Gasteiger partial charge on any atom is -0.488 e. The van der Waals surface area contributed by atoms with E-state index >= 15 is 0 Å². The summed E-state index contributed by atoms with van der Waals surface area (Å²) in [4.78, 5) is 8.19. The van der Waals surface area contributed by atoms with Crippen LogP contribution < -0.4 is 26.0 Å². The fraction of sp³-hybridized carbons (Fsp3) is 0.500. The number of nitrogens with zero attached hydrogens (tertiary/aromatic N) is 2. The molecular weight excluding hydrogens is 526 g/mol. The molecule has 0 amide bonds. The van der Waals surface area contributed by atoms with E-state index in [0.717, 1.165) is 50.2 Å². The first-order chi connectivity index (χ1) is 18.2. The molecule has 0 aromatic heterocycles. The highest BCUT2D eigenvalue weighted by atomic mass is 35.5. The molecule has 1 aromatic rings. The molecule has 1 aliphatic carbocycles. The quantitative estimate of drug-likeness (QED) is 0.193. The van der Waals surface area contributed by atoms with Crippen molar-refractivity contribution in [2.45, 2.75) is 56.8 Å². The fourth-order valence-electron chi connectivity index (χ4n) is 3.90. The number of piperidine rings is 1. The lowest BCUT2D eigenvalue weighted by Crippen LogP contribution is -2.35. The zero-order valence-corrected chi connectivity index (χ0v) is 23.8. The standard InChI is InChI=1S/C26H38ClN7O3S/c1-17(2)38(35,36)25(28)23(15-30-4)34-26(21(27)14-29-3)33-16-32-22-8-5-19(18-9-11-31-12-10-18)13-24(22)37-20-6-7-20/h5,8,13-15,17-18,20,28,30-32H,3,6-7,9-12,16H2,1-2,4H3,(H,33,34)/b21-14+,23-15+,28-25?. The van der Waals surface area contributed by atoms with Gasteiger partial charge in [0, 0.05) is 19.4 Å². The molecule has 0 radical (unpaired) electrons. The van der Waals surface area contributed by atoms with Gasteiger partial charge in [0.1, 0.15) is 23.3 Å². The second-order valence-electron chi connectivity index (χ2n) is 9.49. The van der Waals surface area contributed by atoms with Crippen molar-refractivity contribution in [2.75, 3.05) is 32.1 Å². The molecule has 0 spiro atoms. The van der Waals surface area contributed by atoms with Crippen molar-refractivity contribution >= 4 is 44.7 Å². The number of amidine groups is 1. The summed E-state index contributed by atoms with van der Waals surface area (Å²) in [6.45, 7) is 8.60.